The Morgan fingerprint density at radius 2 is 1.86 bits per heavy atom. The van der Waals surface area contributed by atoms with Gasteiger partial charge in [0, 0.05) is 17.1 Å². The number of hydrogen-bond acceptors (Lipinski definition) is 4. The minimum Gasteiger partial charge on any atom is -0.494 e. The number of nitrogens with one attached hydrogen (secondary N) is 1. The third-order valence-corrected chi connectivity index (χ3v) is 2.91. The van der Waals surface area contributed by atoms with Gasteiger partial charge in [0.15, 0.2) is 0 Å². The first kappa shape index (κ1) is 14.7. The van der Waals surface area contributed by atoms with Crippen molar-refractivity contribution in [3.8, 4) is 5.75 Å². The van der Waals surface area contributed by atoms with Crippen LogP contribution in [0.4, 0.5) is 17.1 Å². The molecule has 0 radical (unpaired) electrons. The first-order chi connectivity index (χ1) is 10.1. The van der Waals surface area contributed by atoms with Crippen LogP contribution in [0.1, 0.15) is 23.7 Å². The molecule has 110 valence electrons. The average molecular weight is 285 g/mol. The molecule has 0 heterocycles. The van der Waals surface area contributed by atoms with E-state index in [0.29, 0.717) is 29.2 Å². The molecule has 0 unspecified atom stereocenters. The molecule has 0 aliphatic rings. The minimum absolute atomic E-state index is 0.269. The van der Waals surface area contributed by atoms with Crippen molar-refractivity contribution >= 4 is 23.0 Å². The van der Waals surface area contributed by atoms with E-state index in [-0.39, 0.29) is 5.91 Å². The number of ether oxygens (including phenoxy) is 1. The van der Waals surface area contributed by atoms with Gasteiger partial charge in [0.1, 0.15) is 5.75 Å². The Bertz CT molecular complexity index is 624. The van der Waals surface area contributed by atoms with E-state index in [0.717, 1.165) is 12.2 Å². The Morgan fingerprint density at radius 1 is 1.14 bits per heavy atom. The van der Waals surface area contributed by atoms with Crippen molar-refractivity contribution in [2.45, 2.75) is 13.3 Å². The first-order valence-electron chi connectivity index (χ1n) is 6.79. The maximum atomic E-state index is 12.1. The minimum atomic E-state index is -0.269. The van der Waals surface area contributed by atoms with Crippen LogP contribution < -0.4 is 21.5 Å². The summed E-state index contributed by atoms with van der Waals surface area (Å²) in [6.07, 6.45) is 0.953. The van der Waals surface area contributed by atoms with Crippen LogP contribution in [-0.4, -0.2) is 12.5 Å². The number of anilines is 3. The second-order valence-corrected chi connectivity index (χ2v) is 4.67. The van der Waals surface area contributed by atoms with Gasteiger partial charge in [-0.25, -0.2) is 0 Å². The second kappa shape index (κ2) is 6.65. The van der Waals surface area contributed by atoms with Gasteiger partial charge in [0.05, 0.1) is 12.2 Å². The number of rotatable bonds is 5. The largest absolute Gasteiger partial charge is 0.494 e. The summed E-state index contributed by atoms with van der Waals surface area (Å²) in [5.41, 5.74) is 13.4. The highest BCUT2D eigenvalue weighted by Gasteiger charge is 2.10. The Kier molecular flexibility index (Phi) is 4.66. The highest BCUT2D eigenvalue weighted by atomic mass is 16.5. The summed E-state index contributed by atoms with van der Waals surface area (Å²) in [6, 6.07) is 12.0. The van der Waals surface area contributed by atoms with Gasteiger partial charge < -0.3 is 21.5 Å². The molecule has 0 saturated carbocycles. The lowest BCUT2D eigenvalue weighted by atomic mass is 10.1. The monoisotopic (exact) mass is 285 g/mol. The Labute approximate surface area is 123 Å². The zero-order valence-electron chi connectivity index (χ0n) is 11.9. The Hall–Kier alpha value is -2.69. The van der Waals surface area contributed by atoms with E-state index in [9.17, 15) is 4.79 Å². The predicted molar refractivity (Wildman–Crippen MR) is 85.4 cm³/mol. The molecule has 0 aliphatic carbocycles. The summed E-state index contributed by atoms with van der Waals surface area (Å²) in [5, 5.41) is 2.79. The van der Waals surface area contributed by atoms with Gasteiger partial charge >= 0.3 is 0 Å². The van der Waals surface area contributed by atoms with Gasteiger partial charge in [-0.05, 0) is 48.9 Å². The van der Waals surface area contributed by atoms with E-state index >= 15 is 0 Å². The standard InChI is InChI=1S/C16H19N3O2/c1-2-9-21-13-6-4-12(5-7-13)19-16(20)14-8-3-11(17)10-15(14)18/h3-8,10H,2,9,17-18H2,1H3,(H,19,20). The fourth-order valence-corrected chi connectivity index (χ4v) is 1.84. The van der Waals surface area contributed by atoms with E-state index in [1.54, 1.807) is 30.3 Å². The molecule has 0 spiro atoms. The van der Waals surface area contributed by atoms with E-state index in [1.165, 1.54) is 0 Å². The van der Waals surface area contributed by atoms with Crippen molar-refractivity contribution < 1.29 is 9.53 Å². The second-order valence-electron chi connectivity index (χ2n) is 4.67. The van der Waals surface area contributed by atoms with Crippen LogP contribution in [0.5, 0.6) is 5.75 Å². The zero-order chi connectivity index (χ0) is 15.2. The molecule has 0 atom stereocenters. The molecule has 21 heavy (non-hydrogen) atoms. The fourth-order valence-electron chi connectivity index (χ4n) is 1.84. The number of nitrogen functional groups attached to an aromatic ring is 2. The quantitative estimate of drug-likeness (QED) is 0.737. The lowest BCUT2D eigenvalue weighted by molar-refractivity contribution is 0.102. The van der Waals surface area contributed by atoms with Crippen molar-refractivity contribution in [2.75, 3.05) is 23.4 Å². The van der Waals surface area contributed by atoms with Crippen molar-refractivity contribution in [3.63, 3.8) is 0 Å². The predicted octanol–water partition coefficient (Wildman–Crippen LogP) is 2.89. The molecular formula is C16H19N3O2. The number of carbonyl (C=O) groups is 1. The van der Waals surface area contributed by atoms with E-state index in [2.05, 4.69) is 5.32 Å². The van der Waals surface area contributed by atoms with Crippen LogP contribution in [-0.2, 0) is 0 Å². The van der Waals surface area contributed by atoms with Gasteiger partial charge in [0.25, 0.3) is 5.91 Å². The van der Waals surface area contributed by atoms with Gasteiger partial charge in [-0.1, -0.05) is 6.92 Å². The summed E-state index contributed by atoms with van der Waals surface area (Å²) in [6.45, 7) is 2.72. The smallest absolute Gasteiger partial charge is 0.257 e. The van der Waals surface area contributed by atoms with Crippen LogP contribution in [0.25, 0.3) is 0 Å². The lowest BCUT2D eigenvalue weighted by Gasteiger charge is -2.09. The Morgan fingerprint density at radius 3 is 2.48 bits per heavy atom. The number of nitrogens with two attached hydrogens (primary N) is 2. The molecule has 5 N–H and O–H groups in total. The molecule has 0 bridgehead atoms. The third kappa shape index (κ3) is 3.89. The summed E-state index contributed by atoms with van der Waals surface area (Å²) in [7, 11) is 0. The van der Waals surface area contributed by atoms with Gasteiger partial charge in [-0.2, -0.15) is 0 Å². The van der Waals surface area contributed by atoms with Crippen LogP contribution in [0, 0.1) is 0 Å². The molecule has 0 aliphatic heterocycles. The number of benzene rings is 2. The molecule has 2 aromatic carbocycles. The normalized spacial score (nSPS) is 10.1. The molecule has 5 heteroatoms. The molecule has 1 amide bonds. The van der Waals surface area contributed by atoms with E-state index < -0.39 is 0 Å². The van der Waals surface area contributed by atoms with Crippen LogP contribution in [0.2, 0.25) is 0 Å². The zero-order valence-corrected chi connectivity index (χ0v) is 11.9. The summed E-state index contributed by atoms with van der Waals surface area (Å²) >= 11 is 0. The molecule has 0 fully saturated rings. The molecule has 0 aromatic heterocycles. The maximum absolute atomic E-state index is 12.1. The number of amides is 1. The first-order valence-corrected chi connectivity index (χ1v) is 6.79. The van der Waals surface area contributed by atoms with E-state index in [4.69, 9.17) is 16.2 Å². The van der Waals surface area contributed by atoms with Crippen LogP contribution in [0.3, 0.4) is 0 Å². The average Bonchev–Trinajstić information content (AvgIpc) is 2.46. The summed E-state index contributed by atoms with van der Waals surface area (Å²) in [5.74, 6) is 0.511. The van der Waals surface area contributed by atoms with Crippen molar-refractivity contribution in [2.24, 2.45) is 0 Å². The molecule has 0 saturated heterocycles. The SMILES string of the molecule is CCCOc1ccc(NC(=O)c2ccc(N)cc2N)cc1. The van der Waals surface area contributed by atoms with Crippen molar-refractivity contribution in [1.29, 1.82) is 0 Å². The lowest BCUT2D eigenvalue weighted by Crippen LogP contribution is -2.14. The molecule has 5 nitrogen and oxygen atoms in total. The van der Waals surface area contributed by atoms with Gasteiger partial charge in [-0.15, -0.1) is 0 Å². The fraction of sp³-hybridized carbons (Fsp3) is 0.188. The number of hydrogen-bond donors (Lipinski definition) is 3. The van der Waals surface area contributed by atoms with Crippen LogP contribution in [0.15, 0.2) is 42.5 Å². The van der Waals surface area contributed by atoms with Crippen LogP contribution >= 0.6 is 0 Å². The van der Waals surface area contributed by atoms with Crippen molar-refractivity contribution in [1.82, 2.24) is 0 Å². The highest BCUT2D eigenvalue weighted by molar-refractivity contribution is 6.08. The molecule has 2 aromatic rings. The van der Waals surface area contributed by atoms with Gasteiger partial charge in [-0.3, -0.25) is 4.79 Å². The number of carbonyl (C=O) groups excluding carboxylic acids is 1. The molecule has 2 rings (SSSR count). The Balaban J connectivity index is 2.05. The topological polar surface area (TPSA) is 90.4 Å². The van der Waals surface area contributed by atoms with E-state index in [1.807, 2.05) is 19.1 Å². The van der Waals surface area contributed by atoms with Crippen molar-refractivity contribution in [3.05, 3.63) is 48.0 Å². The highest BCUT2D eigenvalue weighted by Crippen LogP contribution is 2.19. The third-order valence-electron chi connectivity index (χ3n) is 2.91. The summed E-state index contributed by atoms with van der Waals surface area (Å²) < 4.78 is 5.49. The van der Waals surface area contributed by atoms with Gasteiger partial charge in [0.2, 0.25) is 0 Å². The summed E-state index contributed by atoms with van der Waals surface area (Å²) in [4.78, 5) is 12.1. The molecular weight excluding hydrogens is 266 g/mol. The maximum Gasteiger partial charge on any atom is 0.257 e.